The molecule has 0 saturated carbocycles. The Labute approximate surface area is 117 Å². The zero-order valence-electron chi connectivity index (χ0n) is 11.6. The third kappa shape index (κ3) is 4.17. The summed E-state index contributed by atoms with van der Waals surface area (Å²) in [6.45, 7) is 5.85. The molecule has 0 heterocycles. The van der Waals surface area contributed by atoms with E-state index in [1.807, 2.05) is 13.8 Å². The Morgan fingerprint density at radius 3 is 2.45 bits per heavy atom. The quantitative estimate of drug-likeness (QED) is 0.637. The van der Waals surface area contributed by atoms with Crippen LogP contribution < -0.4 is 9.88 Å². The van der Waals surface area contributed by atoms with Crippen LogP contribution in [-0.4, -0.2) is 19.9 Å². The molecule has 0 saturated heterocycles. The predicted octanol–water partition coefficient (Wildman–Crippen LogP) is 1.98. The molecule has 0 aromatic heterocycles. The highest BCUT2D eigenvalue weighted by Gasteiger charge is 2.22. The minimum Gasteiger partial charge on any atom is -0.487 e. The van der Waals surface area contributed by atoms with Crippen molar-refractivity contribution in [2.24, 2.45) is 11.1 Å². The van der Waals surface area contributed by atoms with Gasteiger partial charge in [0.1, 0.15) is 0 Å². The van der Waals surface area contributed by atoms with Crippen LogP contribution in [0.5, 0.6) is 5.75 Å². The van der Waals surface area contributed by atoms with E-state index in [9.17, 15) is 18.5 Å². The number of nitrogens with two attached hydrogens (primary N) is 1. The molecule has 0 amide bonds. The number of aryl methyl sites for hydroxylation is 1. The molecule has 1 aromatic rings. The Kier molecular flexibility index (Phi) is 5.07. The van der Waals surface area contributed by atoms with Gasteiger partial charge in [-0.25, -0.2) is 13.6 Å². The van der Waals surface area contributed by atoms with Crippen molar-refractivity contribution in [2.75, 3.05) is 6.61 Å². The number of nitro benzene ring substituents is 1. The molecule has 0 radical (unpaired) electrons. The Morgan fingerprint density at radius 2 is 2.00 bits per heavy atom. The maximum atomic E-state index is 11.4. The van der Waals surface area contributed by atoms with Gasteiger partial charge in [0.15, 0.2) is 5.75 Å². The summed E-state index contributed by atoms with van der Waals surface area (Å²) >= 11 is 0. The number of nitro groups is 1. The molecule has 0 fully saturated rings. The van der Waals surface area contributed by atoms with Crippen LogP contribution in [0, 0.1) is 23.0 Å². The van der Waals surface area contributed by atoms with Crippen LogP contribution in [0.25, 0.3) is 0 Å². The Bertz CT molecular complexity index is 611. The molecule has 0 atom stereocenters. The molecular weight excluding hydrogens is 284 g/mol. The molecule has 0 aliphatic carbocycles. The molecule has 1 aromatic carbocycles. The highest BCUT2D eigenvalue weighted by Crippen LogP contribution is 2.32. The lowest BCUT2D eigenvalue weighted by molar-refractivity contribution is -0.386. The minimum atomic E-state index is -4.00. The largest absolute Gasteiger partial charge is 0.487 e. The van der Waals surface area contributed by atoms with E-state index in [0.717, 1.165) is 12.5 Å². The molecular formula is C12H18N2O5S. The van der Waals surface area contributed by atoms with Gasteiger partial charge in [0.05, 0.1) is 16.4 Å². The molecule has 0 unspecified atom stereocenters. The van der Waals surface area contributed by atoms with Crippen LogP contribution in [0.15, 0.2) is 17.0 Å². The fourth-order valence-corrected chi connectivity index (χ4v) is 2.40. The van der Waals surface area contributed by atoms with Crippen molar-refractivity contribution in [3.8, 4) is 5.75 Å². The van der Waals surface area contributed by atoms with Gasteiger partial charge in [-0.3, -0.25) is 10.1 Å². The minimum absolute atomic E-state index is 0.0561. The highest BCUT2D eigenvalue weighted by molar-refractivity contribution is 7.89. The third-order valence-corrected chi connectivity index (χ3v) is 3.77. The second-order valence-electron chi connectivity index (χ2n) is 4.92. The number of hydrogen-bond donors (Lipinski definition) is 1. The van der Waals surface area contributed by atoms with Crippen LogP contribution in [0.2, 0.25) is 0 Å². The van der Waals surface area contributed by atoms with Crippen LogP contribution in [0.1, 0.15) is 25.8 Å². The maximum absolute atomic E-state index is 11.4. The molecule has 7 nitrogen and oxygen atoms in total. The van der Waals surface area contributed by atoms with E-state index < -0.39 is 20.6 Å². The van der Waals surface area contributed by atoms with Gasteiger partial charge in [-0.05, 0) is 30.9 Å². The maximum Gasteiger partial charge on any atom is 0.312 e. The number of primary sulfonamides is 1. The van der Waals surface area contributed by atoms with E-state index >= 15 is 0 Å². The fraction of sp³-hybridized carbons (Fsp3) is 0.500. The van der Waals surface area contributed by atoms with Crippen LogP contribution in [-0.2, 0) is 10.0 Å². The summed E-state index contributed by atoms with van der Waals surface area (Å²) in [5.74, 6) is 0.458. The van der Waals surface area contributed by atoms with E-state index in [0.29, 0.717) is 18.1 Å². The summed E-state index contributed by atoms with van der Waals surface area (Å²) in [6.07, 6.45) is 0.743. The summed E-state index contributed by atoms with van der Waals surface area (Å²) in [4.78, 5) is 10.1. The first-order valence-corrected chi connectivity index (χ1v) is 7.62. The zero-order chi connectivity index (χ0) is 15.5. The standard InChI is InChI=1S/C12H18N2O5S/c1-8(2)4-5-19-11-6-9(3)12(20(13,17)18)7-10(11)14(15)16/h6-8H,4-5H2,1-3H3,(H2,13,17,18). The van der Waals surface area contributed by atoms with E-state index in [4.69, 9.17) is 9.88 Å². The van der Waals surface area contributed by atoms with E-state index in [1.54, 1.807) is 0 Å². The molecule has 2 N–H and O–H groups in total. The molecule has 0 aliphatic heterocycles. The van der Waals surface area contributed by atoms with E-state index in [2.05, 4.69) is 0 Å². The molecule has 1 rings (SSSR count). The topological polar surface area (TPSA) is 113 Å². The number of nitrogens with zero attached hydrogens (tertiary/aromatic N) is 1. The van der Waals surface area contributed by atoms with Gasteiger partial charge in [0.25, 0.3) is 0 Å². The normalized spacial score (nSPS) is 11.7. The number of rotatable bonds is 6. The molecule has 0 aliphatic rings. The predicted molar refractivity (Wildman–Crippen MR) is 74.2 cm³/mol. The van der Waals surface area contributed by atoms with Crippen LogP contribution in [0.3, 0.4) is 0 Å². The summed E-state index contributed by atoms with van der Waals surface area (Å²) in [5, 5.41) is 16.0. The van der Waals surface area contributed by atoms with Gasteiger partial charge in [0, 0.05) is 6.07 Å². The first-order chi connectivity index (χ1) is 9.12. The second-order valence-corrected chi connectivity index (χ2v) is 6.45. The lowest BCUT2D eigenvalue weighted by Crippen LogP contribution is -2.14. The summed E-state index contributed by atoms with van der Waals surface area (Å²) in [7, 11) is -4.00. The summed E-state index contributed by atoms with van der Waals surface area (Å²) in [5.41, 5.74) is -0.0824. The van der Waals surface area contributed by atoms with Crippen LogP contribution >= 0.6 is 0 Å². The first kappa shape index (κ1) is 16.4. The number of sulfonamides is 1. The molecule has 20 heavy (non-hydrogen) atoms. The molecule has 8 heteroatoms. The SMILES string of the molecule is Cc1cc(OCCC(C)C)c([N+](=O)[O-])cc1S(N)(=O)=O. The van der Waals surface area contributed by atoms with Gasteiger partial charge < -0.3 is 4.74 Å². The van der Waals surface area contributed by atoms with Crippen molar-refractivity contribution >= 4 is 15.7 Å². The molecule has 0 bridgehead atoms. The van der Waals surface area contributed by atoms with Crippen molar-refractivity contribution in [2.45, 2.75) is 32.1 Å². The van der Waals surface area contributed by atoms with Crippen molar-refractivity contribution in [1.82, 2.24) is 0 Å². The number of hydrogen-bond acceptors (Lipinski definition) is 5. The Hall–Kier alpha value is -1.67. The van der Waals surface area contributed by atoms with Crippen molar-refractivity contribution in [3.05, 3.63) is 27.8 Å². The molecule has 0 spiro atoms. The Balaban J connectivity index is 3.19. The van der Waals surface area contributed by atoms with Gasteiger partial charge in [-0.1, -0.05) is 13.8 Å². The summed E-state index contributed by atoms with van der Waals surface area (Å²) < 4.78 is 28.1. The lowest BCUT2D eigenvalue weighted by atomic mass is 10.1. The van der Waals surface area contributed by atoms with Crippen molar-refractivity contribution in [1.29, 1.82) is 0 Å². The zero-order valence-corrected chi connectivity index (χ0v) is 12.4. The van der Waals surface area contributed by atoms with Gasteiger partial charge in [-0.15, -0.1) is 0 Å². The highest BCUT2D eigenvalue weighted by atomic mass is 32.2. The fourth-order valence-electron chi connectivity index (χ4n) is 1.62. The molecule has 112 valence electrons. The average Bonchev–Trinajstić information content (AvgIpc) is 2.26. The summed E-state index contributed by atoms with van der Waals surface area (Å²) in [6, 6.07) is 2.27. The van der Waals surface area contributed by atoms with Gasteiger partial charge in [0.2, 0.25) is 10.0 Å². The third-order valence-electron chi connectivity index (χ3n) is 2.71. The number of ether oxygens (including phenoxy) is 1. The lowest BCUT2D eigenvalue weighted by Gasteiger charge is -2.11. The second kappa shape index (κ2) is 6.19. The monoisotopic (exact) mass is 302 g/mol. The van der Waals surface area contributed by atoms with Gasteiger partial charge in [-0.2, -0.15) is 0 Å². The Morgan fingerprint density at radius 1 is 1.40 bits per heavy atom. The average molecular weight is 302 g/mol. The smallest absolute Gasteiger partial charge is 0.312 e. The van der Waals surface area contributed by atoms with E-state index in [1.165, 1.54) is 13.0 Å². The van der Waals surface area contributed by atoms with E-state index in [-0.39, 0.29) is 10.6 Å². The first-order valence-electron chi connectivity index (χ1n) is 6.07. The van der Waals surface area contributed by atoms with Gasteiger partial charge >= 0.3 is 5.69 Å². The number of benzene rings is 1. The van der Waals surface area contributed by atoms with Crippen LogP contribution in [0.4, 0.5) is 5.69 Å². The van der Waals surface area contributed by atoms with Crippen molar-refractivity contribution in [3.63, 3.8) is 0 Å². The van der Waals surface area contributed by atoms with Crippen molar-refractivity contribution < 1.29 is 18.1 Å².